The summed E-state index contributed by atoms with van der Waals surface area (Å²) in [5.74, 6) is 0. The molecule has 1 nitrogen and oxygen atoms in total. The third kappa shape index (κ3) is 11.6. The van der Waals surface area contributed by atoms with E-state index in [0.717, 1.165) is 0 Å². The summed E-state index contributed by atoms with van der Waals surface area (Å²) >= 11 is 0. The molecule has 1 rings (SSSR count). The largest absolute Gasteiger partial charge is 0.205 e. The summed E-state index contributed by atoms with van der Waals surface area (Å²) < 4.78 is 2.26. The van der Waals surface area contributed by atoms with Crippen molar-refractivity contribution in [1.29, 1.82) is 0 Å². The van der Waals surface area contributed by atoms with Crippen molar-refractivity contribution in [2.24, 2.45) is 0 Å². The summed E-state index contributed by atoms with van der Waals surface area (Å²) in [6.45, 7) is 7.80. The maximum Gasteiger partial charge on any atom is 0.168 e. The fourth-order valence-corrected chi connectivity index (χ4v) is 1.66. The number of unbranched alkanes of at least 4 members (excludes halogenated alkanes) is 6. The van der Waals surface area contributed by atoms with Gasteiger partial charge in [-0.25, -0.2) is 4.57 Å². The lowest BCUT2D eigenvalue weighted by atomic mass is 10.1. The van der Waals surface area contributed by atoms with Crippen LogP contribution in [0.3, 0.4) is 0 Å². The third-order valence-electron chi connectivity index (χ3n) is 3.05. The van der Waals surface area contributed by atoms with Crippen molar-refractivity contribution in [3.8, 4) is 0 Å². The van der Waals surface area contributed by atoms with Crippen LogP contribution in [0.2, 0.25) is 0 Å². The molecule has 1 heterocycles. The van der Waals surface area contributed by atoms with E-state index in [4.69, 9.17) is 0 Å². The Balaban J connectivity index is 0.000000631. The fraction of sp³-hybridized carbons (Fsp3) is 0.706. The van der Waals surface area contributed by atoms with E-state index in [1.165, 1.54) is 57.9 Å². The quantitative estimate of drug-likeness (QED) is 0.444. The van der Waals surface area contributed by atoms with Crippen LogP contribution >= 0.6 is 0 Å². The van der Waals surface area contributed by atoms with Crippen molar-refractivity contribution in [3.05, 3.63) is 30.6 Å². The van der Waals surface area contributed by atoms with Crippen LogP contribution in [0.5, 0.6) is 0 Å². The van der Waals surface area contributed by atoms with Crippen molar-refractivity contribution in [1.82, 2.24) is 0 Å². The molecule has 0 amide bonds. The van der Waals surface area contributed by atoms with E-state index < -0.39 is 0 Å². The zero-order valence-electron chi connectivity index (χ0n) is 12.7. The van der Waals surface area contributed by atoms with Gasteiger partial charge in [0.15, 0.2) is 12.4 Å². The molecule has 0 spiro atoms. The Bertz CT molecular complexity index is 241. The van der Waals surface area contributed by atoms with Gasteiger partial charge in [-0.1, -0.05) is 65.4 Å². The van der Waals surface area contributed by atoms with E-state index in [0.29, 0.717) is 0 Å². The van der Waals surface area contributed by atoms with Crippen molar-refractivity contribution in [3.63, 3.8) is 0 Å². The molecule has 1 heteroatoms. The zero-order chi connectivity index (χ0) is 13.5. The molecule has 0 aliphatic rings. The van der Waals surface area contributed by atoms with Gasteiger partial charge in [-0.15, -0.1) is 0 Å². The first-order chi connectivity index (χ1) is 8.85. The Labute approximate surface area is 114 Å². The Morgan fingerprint density at radius 2 is 1.17 bits per heavy atom. The van der Waals surface area contributed by atoms with Gasteiger partial charge in [-0.3, -0.25) is 0 Å². The summed E-state index contributed by atoms with van der Waals surface area (Å²) in [5, 5.41) is 0. The van der Waals surface area contributed by atoms with Gasteiger partial charge in [0.1, 0.15) is 6.54 Å². The second-order valence-electron chi connectivity index (χ2n) is 4.88. The van der Waals surface area contributed by atoms with E-state index in [2.05, 4.69) is 55.9 Å². The molecular formula is C17H32N+. The van der Waals surface area contributed by atoms with Crippen LogP contribution in [-0.2, 0) is 6.54 Å². The van der Waals surface area contributed by atoms with Crippen LogP contribution in [0, 0.1) is 0 Å². The van der Waals surface area contributed by atoms with Crippen LogP contribution in [0.15, 0.2) is 30.6 Å². The lowest BCUT2D eigenvalue weighted by Crippen LogP contribution is -2.32. The van der Waals surface area contributed by atoms with E-state index in [1.807, 2.05) is 0 Å². The lowest BCUT2D eigenvalue weighted by Gasteiger charge is -1.98. The Morgan fingerprint density at radius 3 is 1.72 bits per heavy atom. The van der Waals surface area contributed by atoms with Crippen LogP contribution in [0.1, 0.15) is 72.1 Å². The molecule has 0 unspecified atom stereocenters. The molecule has 0 saturated heterocycles. The average molecular weight is 250 g/mol. The van der Waals surface area contributed by atoms with Crippen LogP contribution in [-0.4, -0.2) is 0 Å². The highest BCUT2D eigenvalue weighted by Crippen LogP contribution is 2.04. The first-order valence-electron chi connectivity index (χ1n) is 7.79. The molecule has 1 aromatic heterocycles. The molecule has 0 N–H and O–H groups in total. The third-order valence-corrected chi connectivity index (χ3v) is 3.05. The van der Waals surface area contributed by atoms with E-state index in [9.17, 15) is 0 Å². The predicted molar refractivity (Wildman–Crippen MR) is 80.6 cm³/mol. The van der Waals surface area contributed by atoms with E-state index in [1.54, 1.807) is 0 Å². The van der Waals surface area contributed by atoms with Gasteiger partial charge >= 0.3 is 0 Å². The zero-order valence-corrected chi connectivity index (χ0v) is 12.7. The highest BCUT2D eigenvalue weighted by molar-refractivity contribution is 4.83. The Hall–Kier alpha value is -0.850. The van der Waals surface area contributed by atoms with Gasteiger partial charge in [0, 0.05) is 18.6 Å². The monoisotopic (exact) mass is 250 g/mol. The highest BCUT2D eigenvalue weighted by atomic mass is 14.9. The molecule has 0 aliphatic carbocycles. The predicted octanol–water partition coefficient (Wildman–Crippen LogP) is 5.14. The number of hydrogen-bond acceptors (Lipinski definition) is 0. The lowest BCUT2D eigenvalue weighted by molar-refractivity contribution is -0.697. The van der Waals surface area contributed by atoms with Crippen molar-refractivity contribution >= 4 is 0 Å². The first kappa shape index (κ1) is 17.2. The molecule has 0 bridgehead atoms. The first-order valence-corrected chi connectivity index (χ1v) is 7.79. The van der Waals surface area contributed by atoms with Gasteiger partial charge in [-0.2, -0.15) is 0 Å². The fourth-order valence-electron chi connectivity index (χ4n) is 1.66. The number of nitrogens with zero attached hydrogens (tertiary/aromatic N) is 1. The highest BCUT2D eigenvalue weighted by Gasteiger charge is 1.96. The summed E-state index contributed by atoms with van der Waals surface area (Å²) in [4.78, 5) is 0. The van der Waals surface area contributed by atoms with Crippen LogP contribution in [0.4, 0.5) is 0 Å². The van der Waals surface area contributed by atoms with Crippen molar-refractivity contribution in [2.45, 2.75) is 78.7 Å². The standard InChI is InChI=1S/C13H22N.C4H10/c1-2-3-4-5-6-8-11-14-12-9-7-10-13-14;1-3-4-2/h7,9-10,12-13H,2-6,8,11H2,1H3;3-4H2,1-2H3/q+1;. The Kier molecular flexibility index (Phi) is 13.5. The summed E-state index contributed by atoms with van der Waals surface area (Å²) in [7, 11) is 0. The number of rotatable bonds is 8. The molecule has 18 heavy (non-hydrogen) atoms. The average Bonchev–Trinajstić information content (AvgIpc) is 2.44. The Morgan fingerprint density at radius 1 is 0.611 bits per heavy atom. The summed E-state index contributed by atoms with van der Waals surface area (Å²) in [6.07, 6.45) is 15.2. The topological polar surface area (TPSA) is 3.88 Å². The summed E-state index contributed by atoms with van der Waals surface area (Å²) in [6, 6.07) is 6.26. The molecular weight excluding hydrogens is 218 g/mol. The molecule has 1 aromatic rings. The number of pyridine rings is 1. The molecule has 0 aromatic carbocycles. The number of hydrogen-bond donors (Lipinski definition) is 0. The van der Waals surface area contributed by atoms with Gasteiger partial charge in [-0.05, 0) is 6.42 Å². The smallest absolute Gasteiger partial charge is 0.168 e. The minimum atomic E-state index is 1.17. The molecule has 0 atom stereocenters. The second-order valence-corrected chi connectivity index (χ2v) is 4.88. The normalized spacial score (nSPS) is 9.72. The van der Waals surface area contributed by atoms with E-state index >= 15 is 0 Å². The minimum Gasteiger partial charge on any atom is -0.205 e. The SMILES string of the molecule is CCCC.CCCCCCCC[n+]1ccccc1. The van der Waals surface area contributed by atoms with Crippen LogP contribution in [0.25, 0.3) is 0 Å². The molecule has 104 valence electrons. The van der Waals surface area contributed by atoms with Gasteiger partial charge in [0.05, 0.1) is 0 Å². The molecule has 0 aliphatic heterocycles. The summed E-state index contributed by atoms with van der Waals surface area (Å²) in [5.41, 5.74) is 0. The van der Waals surface area contributed by atoms with Crippen LogP contribution < -0.4 is 4.57 Å². The van der Waals surface area contributed by atoms with E-state index in [-0.39, 0.29) is 0 Å². The van der Waals surface area contributed by atoms with Gasteiger partial charge in [0.25, 0.3) is 0 Å². The number of aryl methyl sites for hydroxylation is 1. The minimum absolute atomic E-state index is 1.17. The maximum atomic E-state index is 2.26. The second kappa shape index (κ2) is 14.2. The van der Waals surface area contributed by atoms with Crippen molar-refractivity contribution < 1.29 is 4.57 Å². The molecule has 0 fully saturated rings. The maximum absolute atomic E-state index is 2.26. The van der Waals surface area contributed by atoms with Gasteiger partial charge < -0.3 is 0 Å². The number of aromatic nitrogens is 1. The molecule has 0 radical (unpaired) electrons. The van der Waals surface area contributed by atoms with Crippen molar-refractivity contribution in [2.75, 3.05) is 0 Å². The molecule has 0 saturated carbocycles. The van der Waals surface area contributed by atoms with Gasteiger partial charge in [0.2, 0.25) is 0 Å².